The molecule has 1 aromatic carbocycles. The highest BCUT2D eigenvalue weighted by molar-refractivity contribution is 5.57. The fraction of sp³-hybridized carbons (Fsp3) is 0.286. The zero-order chi connectivity index (χ0) is 14.9. The molecule has 0 bridgehead atoms. The highest BCUT2D eigenvalue weighted by Crippen LogP contribution is 2.31. The Morgan fingerprint density at radius 2 is 1.76 bits per heavy atom. The molecular weight excluding hydrogens is 281 g/mol. The van der Waals surface area contributed by atoms with Gasteiger partial charge in [0.05, 0.1) is 0 Å². The Bertz CT molecular complexity index is 624. The second-order valence-corrected chi connectivity index (χ2v) is 4.87. The fourth-order valence-electron chi connectivity index (χ4n) is 1.80. The van der Waals surface area contributed by atoms with Crippen molar-refractivity contribution in [2.24, 2.45) is 0 Å². The van der Waals surface area contributed by atoms with Gasteiger partial charge in [-0.1, -0.05) is 18.2 Å². The van der Waals surface area contributed by atoms with Gasteiger partial charge in [0.1, 0.15) is 5.82 Å². The molecule has 1 aliphatic rings. The summed E-state index contributed by atoms with van der Waals surface area (Å²) < 4.78 is 38.7. The molecule has 4 nitrogen and oxygen atoms in total. The SMILES string of the molecule is FC(F)(F)c1cc(Nc2ccccc2)nc(NC2CC2)n1. The topological polar surface area (TPSA) is 49.8 Å². The number of anilines is 3. The number of hydrogen-bond acceptors (Lipinski definition) is 4. The van der Waals surface area contributed by atoms with Crippen LogP contribution in [0.25, 0.3) is 0 Å². The standard InChI is InChI=1S/C14H13F3N4/c15-14(16,17)11-8-12(18-9-4-2-1-3-5-9)21-13(20-11)19-10-6-7-10/h1-5,8,10H,6-7H2,(H2,18,19,20,21). The lowest BCUT2D eigenvalue weighted by Gasteiger charge is -2.12. The summed E-state index contributed by atoms with van der Waals surface area (Å²) in [5.41, 5.74) is -0.291. The van der Waals surface area contributed by atoms with Crippen molar-refractivity contribution in [3.63, 3.8) is 0 Å². The minimum atomic E-state index is -4.50. The van der Waals surface area contributed by atoms with Crippen molar-refractivity contribution in [1.29, 1.82) is 0 Å². The van der Waals surface area contributed by atoms with Crippen molar-refractivity contribution in [2.45, 2.75) is 25.1 Å². The maximum Gasteiger partial charge on any atom is 0.433 e. The van der Waals surface area contributed by atoms with Gasteiger partial charge in [-0.25, -0.2) is 4.98 Å². The van der Waals surface area contributed by atoms with Gasteiger partial charge in [-0.2, -0.15) is 18.2 Å². The normalized spacial score (nSPS) is 14.8. The number of benzene rings is 1. The minimum Gasteiger partial charge on any atom is -0.351 e. The number of para-hydroxylation sites is 1. The quantitative estimate of drug-likeness (QED) is 0.900. The van der Waals surface area contributed by atoms with E-state index in [-0.39, 0.29) is 17.8 Å². The first-order chi connectivity index (χ1) is 10.0. The monoisotopic (exact) mass is 294 g/mol. The average molecular weight is 294 g/mol. The molecule has 3 rings (SSSR count). The van der Waals surface area contributed by atoms with E-state index in [4.69, 9.17) is 0 Å². The van der Waals surface area contributed by atoms with E-state index in [2.05, 4.69) is 20.6 Å². The molecule has 2 N–H and O–H groups in total. The van der Waals surface area contributed by atoms with Crippen LogP contribution in [0.1, 0.15) is 18.5 Å². The van der Waals surface area contributed by atoms with Crippen LogP contribution >= 0.6 is 0 Å². The van der Waals surface area contributed by atoms with Crippen LogP contribution in [0.2, 0.25) is 0 Å². The lowest BCUT2D eigenvalue weighted by molar-refractivity contribution is -0.141. The lowest BCUT2D eigenvalue weighted by atomic mass is 10.3. The molecule has 0 saturated heterocycles. The van der Waals surface area contributed by atoms with Crippen molar-refractivity contribution in [3.05, 3.63) is 42.1 Å². The first-order valence-corrected chi connectivity index (χ1v) is 6.55. The van der Waals surface area contributed by atoms with Crippen LogP contribution in [0.3, 0.4) is 0 Å². The van der Waals surface area contributed by atoms with E-state index in [9.17, 15) is 13.2 Å². The van der Waals surface area contributed by atoms with E-state index in [1.54, 1.807) is 24.3 Å². The number of aromatic nitrogens is 2. The molecule has 0 amide bonds. The van der Waals surface area contributed by atoms with Crippen LogP contribution in [0.5, 0.6) is 0 Å². The molecule has 21 heavy (non-hydrogen) atoms. The third-order valence-electron chi connectivity index (χ3n) is 2.97. The van der Waals surface area contributed by atoms with Gasteiger partial charge in [0.25, 0.3) is 0 Å². The zero-order valence-corrected chi connectivity index (χ0v) is 11.0. The van der Waals surface area contributed by atoms with Crippen LogP contribution < -0.4 is 10.6 Å². The molecule has 2 aromatic rings. The van der Waals surface area contributed by atoms with Crippen LogP contribution in [-0.4, -0.2) is 16.0 Å². The first kappa shape index (κ1) is 13.7. The van der Waals surface area contributed by atoms with E-state index < -0.39 is 11.9 Å². The fourth-order valence-corrected chi connectivity index (χ4v) is 1.80. The molecule has 0 atom stereocenters. The van der Waals surface area contributed by atoms with Gasteiger partial charge in [-0.15, -0.1) is 0 Å². The molecule has 0 aliphatic heterocycles. The Hall–Kier alpha value is -2.31. The zero-order valence-electron chi connectivity index (χ0n) is 11.0. The van der Waals surface area contributed by atoms with Gasteiger partial charge in [-0.05, 0) is 25.0 Å². The number of nitrogens with zero attached hydrogens (tertiary/aromatic N) is 2. The number of nitrogens with one attached hydrogen (secondary N) is 2. The van der Waals surface area contributed by atoms with Gasteiger partial charge in [-0.3, -0.25) is 0 Å². The predicted molar refractivity (Wildman–Crippen MR) is 73.4 cm³/mol. The average Bonchev–Trinajstić information content (AvgIpc) is 3.22. The van der Waals surface area contributed by atoms with E-state index in [0.717, 1.165) is 18.9 Å². The second kappa shape index (κ2) is 5.23. The number of rotatable bonds is 4. The summed E-state index contributed by atoms with van der Waals surface area (Å²) >= 11 is 0. The van der Waals surface area contributed by atoms with Crippen LogP contribution in [0, 0.1) is 0 Å². The summed E-state index contributed by atoms with van der Waals surface area (Å²) in [5, 5.41) is 5.75. The van der Waals surface area contributed by atoms with Gasteiger partial charge < -0.3 is 10.6 Å². The molecule has 1 aromatic heterocycles. The lowest BCUT2D eigenvalue weighted by Crippen LogP contribution is -2.14. The first-order valence-electron chi connectivity index (χ1n) is 6.55. The van der Waals surface area contributed by atoms with Crippen molar-refractivity contribution >= 4 is 17.5 Å². The number of halogens is 3. The molecule has 0 spiro atoms. The number of alkyl halides is 3. The summed E-state index contributed by atoms with van der Waals surface area (Å²) in [7, 11) is 0. The smallest absolute Gasteiger partial charge is 0.351 e. The van der Waals surface area contributed by atoms with Crippen molar-refractivity contribution in [1.82, 2.24) is 9.97 Å². The Labute approximate surface area is 119 Å². The minimum absolute atomic E-state index is 0.00533. The molecule has 1 heterocycles. The maximum absolute atomic E-state index is 12.9. The third kappa shape index (κ3) is 3.62. The summed E-state index contributed by atoms with van der Waals surface area (Å²) in [4.78, 5) is 7.63. The molecule has 7 heteroatoms. The van der Waals surface area contributed by atoms with Gasteiger partial charge in [0, 0.05) is 17.8 Å². The third-order valence-corrected chi connectivity index (χ3v) is 2.97. The van der Waals surface area contributed by atoms with Crippen LogP contribution in [0.4, 0.5) is 30.6 Å². The van der Waals surface area contributed by atoms with E-state index in [0.29, 0.717) is 5.69 Å². The Balaban J connectivity index is 1.90. The molecule has 1 saturated carbocycles. The molecule has 1 fully saturated rings. The second-order valence-electron chi connectivity index (χ2n) is 4.87. The Morgan fingerprint density at radius 1 is 1.05 bits per heavy atom. The molecule has 110 valence electrons. The van der Waals surface area contributed by atoms with Crippen molar-refractivity contribution in [3.8, 4) is 0 Å². The van der Waals surface area contributed by atoms with Gasteiger partial charge in [0.15, 0.2) is 5.69 Å². The van der Waals surface area contributed by atoms with E-state index >= 15 is 0 Å². The summed E-state index contributed by atoms with van der Waals surface area (Å²) in [6, 6.07) is 10.00. The Kier molecular flexibility index (Phi) is 3.40. The number of hydrogen-bond donors (Lipinski definition) is 2. The van der Waals surface area contributed by atoms with Crippen LogP contribution in [0.15, 0.2) is 36.4 Å². The largest absolute Gasteiger partial charge is 0.433 e. The summed E-state index contributed by atoms with van der Waals surface area (Å²) in [5.74, 6) is 0.123. The molecule has 0 radical (unpaired) electrons. The molecule has 0 unspecified atom stereocenters. The van der Waals surface area contributed by atoms with Crippen molar-refractivity contribution in [2.75, 3.05) is 10.6 Å². The molecule has 1 aliphatic carbocycles. The maximum atomic E-state index is 12.9. The molecular formula is C14H13F3N4. The van der Waals surface area contributed by atoms with Crippen LogP contribution in [-0.2, 0) is 6.18 Å². The van der Waals surface area contributed by atoms with E-state index in [1.165, 1.54) is 0 Å². The van der Waals surface area contributed by atoms with Gasteiger partial charge >= 0.3 is 6.18 Å². The van der Waals surface area contributed by atoms with Crippen molar-refractivity contribution < 1.29 is 13.2 Å². The summed E-state index contributed by atoms with van der Waals surface area (Å²) in [6.07, 6.45) is -2.64. The summed E-state index contributed by atoms with van der Waals surface area (Å²) in [6.45, 7) is 0. The highest BCUT2D eigenvalue weighted by atomic mass is 19.4. The highest BCUT2D eigenvalue weighted by Gasteiger charge is 2.34. The Morgan fingerprint density at radius 3 is 2.38 bits per heavy atom. The predicted octanol–water partition coefficient (Wildman–Crippen LogP) is 3.81. The van der Waals surface area contributed by atoms with Gasteiger partial charge in [0.2, 0.25) is 5.95 Å². The van der Waals surface area contributed by atoms with E-state index in [1.807, 2.05) is 6.07 Å².